The number of rotatable bonds is 6. The zero-order chi connectivity index (χ0) is 20.5. The van der Waals surface area contributed by atoms with Crippen LogP contribution in [0.15, 0.2) is 55.2 Å². The molecule has 30 heavy (non-hydrogen) atoms. The van der Waals surface area contributed by atoms with Crippen molar-refractivity contribution in [2.45, 2.75) is 18.9 Å². The van der Waals surface area contributed by atoms with Gasteiger partial charge in [-0.2, -0.15) is 10.2 Å². The molecular weight excluding hydrogens is 376 g/mol. The smallest absolute Gasteiger partial charge is 0.161 e. The lowest BCUT2D eigenvalue weighted by Crippen LogP contribution is -2.39. The van der Waals surface area contributed by atoms with Crippen LogP contribution in [0.3, 0.4) is 0 Å². The number of nitrogens with one attached hydrogen (secondary N) is 2. The van der Waals surface area contributed by atoms with Crippen LogP contribution in [0.2, 0.25) is 0 Å². The van der Waals surface area contributed by atoms with Gasteiger partial charge in [-0.15, -0.1) is 0 Å². The van der Waals surface area contributed by atoms with Crippen molar-refractivity contribution in [3.63, 3.8) is 0 Å². The van der Waals surface area contributed by atoms with Crippen molar-refractivity contribution in [1.82, 2.24) is 29.9 Å². The molecule has 8 nitrogen and oxygen atoms in total. The number of aromatic amines is 1. The van der Waals surface area contributed by atoms with Gasteiger partial charge in [0.2, 0.25) is 0 Å². The van der Waals surface area contributed by atoms with Crippen LogP contribution in [-0.4, -0.2) is 42.5 Å². The monoisotopic (exact) mass is 400 g/mol. The van der Waals surface area contributed by atoms with Crippen LogP contribution < -0.4 is 11.1 Å². The zero-order valence-electron chi connectivity index (χ0n) is 16.8. The van der Waals surface area contributed by atoms with Gasteiger partial charge in [-0.3, -0.25) is 9.78 Å². The van der Waals surface area contributed by atoms with Gasteiger partial charge < -0.3 is 11.1 Å². The predicted molar refractivity (Wildman–Crippen MR) is 116 cm³/mol. The molecule has 4 aromatic rings. The van der Waals surface area contributed by atoms with Crippen LogP contribution in [0.1, 0.15) is 12.8 Å². The number of aryl methyl sites for hydroxylation is 1. The van der Waals surface area contributed by atoms with Crippen LogP contribution in [0.25, 0.3) is 33.6 Å². The van der Waals surface area contributed by atoms with Crippen LogP contribution in [0.5, 0.6) is 0 Å². The molecule has 8 heteroatoms. The maximum absolute atomic E-state index is 5.79. The Morgan fingerprint density at radius 2 is 2.00 bits per heavy atom. The lowest BCUT2D eigenvalue weighted by Gasteiger charge is -2.35. The quantitative estimate of drug-likeness (QED) is 0.459. The van der Waals surface area contributed by atoms with Crippen molar-refractivity contribution in [2.24, 2.45) is 18.7 Å². The number of hydrogen-bond donors (Lipinski definition) is 3. The summed E-state index contributed by atoms with van der Waals surface area (Å²) in [5.41, 5.74) is 10.8. The average Bonchev–Trinajstić information content (AvgIpc) is 3.42. The molecule has 4 N–H and O–H groups in total. The number of benzene rings is 1. The molecule has 0 unspecified atom stereocenters. The van der Waals surface area contributed by atoms with Gasteiger partial charge in [-0.05, 0) is 36.9 Å². The highest BCUT2D eigenvalue weighted by Crippen LogP contribution is 2.34. The highest BCUT2D eigenvalue weighted by atomic mass is 15.2. The fourth-order valence-corrected chi connectivity index (χ4v) is 3.89. The number of hydrogen-bond acceptors (Lipinski definition) is 6. The first kappa shape index (κ1) is 18.5. The van der Waals surface area contributed by atoms with Crippen molar-refractivity contribution in [2.75, 3.05) is 11.9 Å². The first-order chi connectivity index (χ1) is 14.7. The Hall–Kier alpha value is -3.52. The molecule has 3 heterocycles. The molecular formula is C22H24N8. The van der Waals surface area contributed by atoms with E-state index in [2.05, 4.69) is 37.7 Å². The second-order valence-corrected chi connectivity index (χ2v) is 7.84. The molecule has 0 bridgehead atoms. The Balaban J connectivity index is 1.49. The molecule has 1 aliphatic rings. The molecule has 0 saturated heterocycles. The summed E-state index contributed by atoms with van der Waals surface area (Å²) >= 11 is 0. The Morgan fingerprint density at radius 3 is 2.73 bits per heavy atom. The third-order valence-corrected chi connectivity index (χ3v) is 5.67. The van der Waals surface area contributed by atoms with Crippen LogP contribution in [-0.2, 0) is 7.05 Å². The zero-order valence-corrected chi connectivity index (χ0v) is 16.8. The van der Waals surface area contributed by atoms with E-state index in [-0.39, 0.29) is 0 Å². The van der Waals surface area contributed by atoms with Crippen molar-refractivity contribution in [3.8, 4) is 33.6 Å². The molecule has 1 saturated carbocycles. The van der Waals surface area contributed by atoms with Crippen LogP contribution in [0, 0.1) is 5.92 Å². The number of aromatic nitrogens is 6. The van der Waals surface area contributed by atoms with Gasteiger partial charge in [0.05, 0.1) is 12.4 Å². The highest BCUT2D eigenvalue weighted by Gasteiger charge is 2.29. The number of H-pyrrole nitrogens is 1. The molecule has 0 spiro atoms. The standard InChI is InChI=1S/C22H24N8/c1-30-13-18(11-27-30)15-3-2-4-16(7-15)21-24-12-20(17-9-25-26-10-17)22(29-21)28-19-5-14(6-19)8-23/h2-4,7,9-14,19H,5-6,8,23H2,1H3,(H,25,26)(H,24,28,29). The molecule has 0 amide bonds. The third-order valence-electron chi connectivity index (χ3n) is 5.67. The SMILES string of the molecule is Cn1cc(-c2cccc(-c3ncc(-c4cn[nH]c4)c(NC4CC(CN)C4)n3)c2)cn1. The molecule has 0 aliphatic heterocycles. The topological polar surface area (TPSA) is 110 Å². The van der Waals surface area contributed by atoms with Gasteiger partial charge in [0, 0.05) is 53.9 Å². The van der Waals surface area contributed by atoms with E-state index >= 15 is 0 Å². The van der Waals surface area contributed by atoms with Gasteiger partial charge in [-0.1, -0.05) is 18.2 Å². The molecule has 3 aromatic heterocycles. The van der Waals surface area contributed by atoms with Crippen molar-refractivity contribution in [1.29, 1.82) is 0 Å². The Morgan fingerprint density at radius 1 is 1.13 bits per heavy atom. The average molecular weight is 400 g/mol. The van der Waals surface area contributed by atoms with Crippen molar-refractivity contribution < 1.29 is 0 Å². The largest absolute Gasteiger partial charge is 0.367 e. The summed E-state index contributed by atoms with van der Waals surface area (Å²) < 4.78 is 1.80. The summed E-state index contributed by atoms with van der Waals surface area (Å²) in [7, 11) is 1.92. The maximum atomic E-state index is 5.79. The normalized spacial score (nSPS) is 18.2. The highest BCUT2D eigenvalue weighted by molar-refractivity contribution is 5.76. The first-order valence-corrected chi connectivity index (χ1v) is 10.1. The lowest BCUT2D eigenvalue weighted by molar-refractivity contribution is 0.291. The minimum atomic E-state index is 0.383. The van der Waals surface area contributed by atoms with E-state index < -0.39 is 0 Å². The molecule has 1 aliphatic carbocycles. The molecule has 1 fully saturated rings. The van der Waals surface area contributed by atoms with Gasteiger partial charge in [-0.25, -0.2) is 9.97 Å². The minimum absolute atomic E-state index is 0.383. The van der Waals surface area contributed by atoms with Crippen molar-refractivity contribution in [3.05, 3.63) is 55.2 Å². The predicted octanol–water partition coefficient (Wildman–Crippen LogP) is 3.08. The summed E-state index contributed by atoms with van der Waals surface area (Å²) in [6.45, 7) is 0.739. The van der Waals surface area contributed by atoms with E-state index in [0.717, 1.165) is 53.0 Å². The Kier molecular flexibility index (Phi) is 4.76. The number of nitrogens with zero attached hydrogens (tertiary/aromatic N) is 5. The fourth-order valence-electron chi connectivity index (χ4n) is 3.89. The summed E-state index contributed by atoms with van der Waals surface area (Å²) in [5, 5.41) is 14.8. The van der Waals surface area contributed by atoms with Gasteiger partial charge in [0.1, 0.15) is 5.82 Å². The molecule has 1 aromatic carbocycles. The Labute approximate surface area is 174 Å². The van der Waals surface area contributed by atoms with Crippen LogP contribution in [0.4, 0.5) is 5.82 Å². The summed E-state index contributed by atoms with van der Waals surface area (Å²) in [4.78, 5) is 9.55. The number of anilines is 1. The fraction of sp³-hybridized carbons (Fsp3) is 0.273. The van der Waals surface area contributed by atoms with Gasteiger partial charge >= 0.3 is 0 Å². The van der Waals surface area contributed by atoms with E-state index in [0.29, 0.717) is 17.8 Å². The summed E-state index contributed by atoms with van der Waals surface area (Å²) in [6, 6.07) is 8.61. The summed E-state index contributed by atoms with van der Waals surface area (Å²) in [6.07, 6.45) is 11.5. The molecule has 0 radical (unpaired) electrons. The van der Waals surface area contributed by atoms with E-state index in [1.165, 1.54) is 0 Å². The van der Waals surface area contributed by atoms with E-state index in [9.17, 15) is 0 Å². The van der Waals surface area contributed by atoms with E-state index in [4.69, 9.17) is 10.7 Å². The number of nitrogens with two attached hydrogens (primary N) is 1. The molecule has 152 valence electrons. The maximum Gasteiger partial charge on any atom is 0.161 e. The van der Waals surface area contributed by atoms with E-state index in [1.54, 1.807) is 10.9 Å². The lowest BCUT2D eigenvalue weighted by atomic mass is 9.80. The van der Waals surface area contributed by atoms with Crippen LogP contribution >= 0.6 is 0 Å². The van der Waals surface area contributed by atoms with E-state index in [1.807, 2.05) is 44.0 Å². The summed E-state index contributed by atoms with van der Waals surface area (Å²) in [5.74, 6) is 2.11. The Bertz CT molecular complexity index is 1140. The molecule has 5 rings (SSSR count). The first-order valence-electron chi connectivity index (χ1n) is 10.1. The third kappa shape index (κ3) is 3.57. The van der Waals surface area contributed by atoms with Gasteiger partial charge in [0.15, 0.2) is 5.82 Å². The van der Waals surface area contributed by atoms with Gasteiger partial charge in [0.25, 0.3) is 0 Å². The second-order valence-electron chi connectivity index (χ2n) is 7.84. The van der Waals surface area contributed by atoms with Crippen molar-refractivity contribution >= 4 is 5.82 Å². The minimum Gasteiger partial charge on any atom is -0.367 e. The second kappa shape index (κ2) is 7.72. The molecule has 0 atom stereocenters.